The van der Waals surface area contributed by atoms with Gasteiger partial charge < -0.3 is 0 Å². The molecule has 0 aliphatic carbocycles. The second-order valence-corrected chi connectivity index (χ2v) is 15.2. The molecule has 0 rings (SSSR count). The molecule has 0 atom stereocenters. The van der Waals surface area contributed by atoms with Crippen molar-refractivity contribution in [1.82, 2.24) is 0 Å². The van der Waals surface area contributed by atoms with Gasteiger partial charge in [0.05, 0.1) is 16.1 Å². The SMILES string of the molecule is C[Si](C)(C)/C=C/[Si](C)(C)C. The Balaban J connectivity index is 4.01. The van der Waals surface area contributed by atoms with Crippen molar-refractivity contribution in [2.45, 2.75) is 39.3 Å². The fraction of sp³-hybridized carbons (Fsp3) is 0.750. The monoisotopic (exact) mass is 172 g/mol. The van der Waals surface area contributed by atoms with Crippen LogP contribution in [0.4, 0.5) is 0 Å². The van der Waals surface area contributed by atoms with Crippen molar-refractivity contribution >= 4 is 16.1 Å². The highest BCUT2D eigenvalue weighted by Gasteiger charge is 2.12. The van der Waals surface area contributed by atoms with E-state index in [1.165, 1.54) is 0 Å². The van der Waals surface area contributed by atoms with Crippen LogP contribution in [0.25, 0.3) is 0 Å². The van der Waals surface area contributed by atoms with E-state index < -0.39 is 16.1 Å². The van der Waals surface area contributed by atoms with E-state index in [1.54, 1.807) is 0 Å². The first kappa shape index (κ1) is 10.2. The molecule has 0 fully saturated rings. The molecule has 0 amide bonds. The largest absolute Gasteiger partial charge is 0.103 e. The summed E-state index contributed by atoms with van der Waals surface area (Å²) in [5.74, 6) is 0. The summed E-state index contributed by atoms with van der Waals surface area (Å²) in [6, 6.07) is 0. The maximum absolute atomic E-state index is 2.47. The zero-order valence-electron chi connectivity index (χ0n) is 8.15. The van der Waals surface area contributed by atoms with E-state index in [4.69, 9.17) is 0 Å². The quantitative estimate of drug-likeness (QED) is 0.561. The molecule has 0 aliphatic heterocycles. The lowest BCUT2D eigenvalue weighted by Gasteiger charge is -2.13. The molecule has 0 spiro atoms. The third-order valence-electron chi connectivity index (χ3n) is 1.08. The van der Waals surface area contributed by atoms with E-state index in [0.29, 0.717) is 0 Å². The zero-order valence-corrected chi connectivity index (χ0v) is 10.2. The fourth-order valence-corrected chi connectivity index (χ4v) is 4.50. The minimum absolute atomic E-state index is 0.913. The van der Waals surface area contributed by atoms with Gasteiger partial charge in [0.15, 0.2) is 0 Å². The van der Waals surface area contributed by atoms with Gasteiger partial charge in [0.25, 0.3) is 0 Å². The van der Waals surface area contributed by atoms with Crippen LogP contribution in [0, 0.1) is 0 Å². The molecule has 10 heavy (non-hydrogen) atoms. The second-order valence-electron chi connectivity index (χ2n) is 5.07. The maximum Gasteiger partial charge on any atom is 0.0677 e. The Labute approximate surface area is 67.4 Å². The van der Waals surface area contributed by atoms with Gasteiger partial charge in [-0.1, -0.05) is 39.3 Å². The maximum atomic E-state index is 2.47. The summed E-state index contributed by atoms with van der Waals surface area (Å²) in [6.07, 6.45) is 0. The minimum atomic E-state index is -0.913. The van der Waals surface area contributed by atoms with Crippen LogP contribution in [0.5, 0.6) is 0 Å². The standard InChI is InChI=1S/C8H20Si2/c1-9(2,3)7-8-10(4,5)6/h7-8H,1-6H3/b8-7+. The predicted molar refractivity (Wildman–Crippen MR) is 55.8 cm³/mol. The van der Waals surface area contributed by atoms with Gasteiger partial charge in [0, 0.05) is 0 Å². The Morgan fingerprint density at radius 1 is 0.600 bits per heavy atom. The first-order valence-corrected chi connectivity index (χ1v) is 11.1. The van der Waals surface area contributed by atoms with Crippen LogP contribution >= 0.6 is 0 Å². The number of rotatable bonds is 2. The smallest absolute Gasteiger partial charge is 0.0677 e. The van der Waals surface area contributed by atoms with E-state index in [9.17, 15) is 0 Å². The highest BCUT2D eigenvalue weighted by molar-refractivity contribution is 6.86. The third kappa shape index (κ3) is 8.17. The van der Waals surface area contributed by atoms with Crippen molar-refractivity contribution < 1.29 is 0 Å². The van der Waals surface area contributed by atoms with Gasteiger partial charge in [-0.15, -0.1) is 11.4 Å². The Hall–Kier alpha value is 0.174. The zero-order chi connectivity index (χ0) is 8.41. The van der Waals surface area contributed by atoms with Gasteiger partial charge in [-0.2, -0.15) is 0 Å². The van der Waals surface area contributed by atoms with Crippen molar-refractivity contribution in [3.8, 4) is 0 Å². The van der Waals surface area contributed by atoms with Crippen LogP contribution in [0.15, 0.2) is 11.4 Å². The summed E-state index contributed by atoms with van der Waals surface area (Å²) in [5, 5.41) is 0. The van der Waals surface area contributed by atoms with E-state index in [0.717, 1.165) is 0 Å². The van der Waals surface area contributed by atoms with Crippen molar-refractivity contribution in [2.24, 2.45) is 0 Å². The van der Waals surface area contributed by atoms with Gasteiger partial charge in [-0.05, 0) is 0 Å². The van der Waals surface area contributed by atoms with E-state index in [1.807, 2.05) is 0 Å². The molecule has 0 bridgehead atoms. The molecule has 0 heterocycles. The molecule has 0 N–H and O–H groups in total. The second kappa shape index (κ2) is 3.05. The van der Waals surface area contributed by atoms with Crippen LogP contribution in [-0.4, -0.2) is 16.1 Å². The Morgan fingerprint density at radius 2 is 0.800 bits per heavy atom. The van der Waals surface area contributed by atoms with Gasteiger partial charge in [0.2, 0.25) is 0 Å². The van der Waals surface area contributed by atoms with Crippen molar-refractivity contribution in [2.75, 3.05) is 0 Å². The van der Waals surface area contributed by atoms with Crippen LogP contribution in [0.3, 0.4) is 0 Å². The van der Waals surface area contributed by atoms with Crippen molar-refractivity contribution in [1.29, 1.82) is 0 Å². The molecule has 60 valence electrons. The molecule has 2 heteroatoms. The molecule has 0 nitrogen and oxygen atoms in total. The molecule has 0 aliphatic rings. The lowest BCUT2D eigenvalue weighted by molar-refractivity contribution is 1.73. The first-order valence-electron chi connectivity index (χ1n) is 3.91. The molecule has 0 saturated heterocycles. The third-order valence-corrected chi connectivity index (χ3v) is 3.75. The lowest BCUT2D eigenvalue weighted by atomic mass is 11.2. The van der Waals surface area contributed by atoms with E-state index in [-0.39, 0.29) is 0 Å². The van der Waals surface area contributed by atoms with Gasteiger partial charge in [-0.25, -0.2) is 0 Å². The van der Waals surface area contributed by atoms with E-state index in [2.05, 4.69) is 50.7 Å². The normalized spacial score (nSPS) is 14.6. The van der Waals surface area contributed by atoms with Crippen LogP contribution in [0.2, 0.25) is 39.3 Å². The molecular formula is C8H20Si2. The molecule has 0 aromatic carbocycles. The molecule has 0 saturated carbocycles. The Morgan fingerprint density at radius 3 is 0.900 bits per heavy atom. The van der Waals surface area contributed by atoms with Crippen LogP contribution in [0.1, 0.15) is 0 Å². The molecule has 0 unspecified atom stereocenters. The summed E-state index contributed by atoms with van der Waals surface area (Å²) < 4.78 is 0. The highest BCUT2D eigenvalue weighted by Crippen LogP contribution is 2.07. The topological polar surface area (TPSA) is 0 Å². The molecule has 0 aromatic heterocycles. The van der Waals surface area contributed by atoms with Crippen LogP contribution in [-0.2, 0) is 0 Å². The summed E-state index contributed by atoms with van der Waals surface area (Å²) in [4.78, 5) is 0. The molecular weight excluding hydrogens is 152 g/mol. The summed E-state index contributed by atoms with van der Waals surface area (Å²) in [5.41, 5.74) is 4.94. The Kier molecular flexibility index (Phi) is 3.10. The summed E-state index contributed by atoms with van der Waals surface area (Å²) in [6.45, 7) is 14.3. The number of hydrogen-bond acceptors (Lipinski definition) is 0. The fourth-order valence-electron chi connectivity index (χ4n) is 0.500. The van der Waals surface area contributed by atoms with Crippen molar-refractivity contribution in [3.05, 3.63) is 11.4 Å². The van der Waals surface area contributed by atoms with Gasteiger partial charge >= 0.3 is 0 Å². The summed E-state index contributed by atoms with van der Waals surface area (Å²) in [7, 11) is -1.83. The summed E-state index contributed by atoms with van der Waals surface area (Å²) >= 11 is 0. The molecule has 0 radical (unpaired) electrons. The number of hydrogen-bond donors (Lipinski definition) is 0. The van der Waals surface area contributed by atoms with Gasteiger partial charge in [0.1, 0.15) is 0 Å². The Bertz CT molecular complexity index is 107. The minimum Gasteiger partial charge on any atom is -0.103 e. The lowest BCUT2D eigenvalue weighted by Crippen LogP contribution is -2.21. The average molecular weight is 172 g/mol. The predicted octanol–water partition coefficient (Wildman–Crippen LogP) is 3.30. The average Bonchev–Trinajstić information content (AvgIpc) is 1.57. The van der Waals surface area contributed by atoms with Gasteiger partial charge in [-0.3, -0.25) is 0 Å². The highest BCUT2D eigenvalue weighted by atomic mass is 28.3. The van der Waals surface area contributed by atoms with E-state index >= 15 is 0 Å². The first-order chi connectivity index (χ1) is 4.21. The van der Waals surface area contributed by atoms with Crippen LogP contribution < -0.4 is 0 Å². The van der Waals surface area contributed by atoms with Crippen molar-refractivity contribution in [3.63, 3.8) is 0 Å². The molecule has 0 aromatic rings.